The van der Waals surface area contributed by atoms with Gasteiger partial charge in [0.15, 0.2) is 0 Å². The maximum atomic E-state index is 11.9. The molecule has 0 aliphatic carbocycles. The Labute approximate surface area is 72.3 Å². The lowest BCUT2D eigenvalue weighted by Gasteiger charge is -2.18. The number of ether oxygens (including phenoxy) is 1. The average molecular weight is 184 g/mol. The fraction of sp³-hybridized carbons (Fsp3) is 1.00. The number of rotatable bonds is 7. The molecule has 0 atom stereocenters. The number of methoxy groups -OCH3 is 1. The zero-order valence-electron chi connectivity index (χ0n) is 6.85. The van der Waals surface area contributed by atoms with Crippen molar-refractivity contribution >= 4 is 11.6 Å². The molecule has 0 fully saturated rings. The minimum atomic E-state index is -0.319. The molecule has 0 amide bonds. The summed E-state index contributed by atoms with van der Waals surface area (Å²) >= 11 is 5.51. The molecule has 0 aliphatic rings. The van der Waals surface area contributed by atoms with Gasteiger partial charge in [-0.05, 0) is 0 Å². The van der Waals surface area contributed by atoms with Crippen LogP contribution in [0.5, 0.6) is 0 Å². The van der Waals surface area contributed by atoms with Crippen molar-refractivity contribution in [3.05, 3.63) is 0 Å². The van der Waals surface area contributed by atoms with Crippen LogP contribution in [-0.2, 0) is 4.74 Å². The Balaban J connectivity index is 3.34. The number of halogens is 2. The van der Waals surface area contributed by atoms with Gasteiger partial charge < -0.3 is 4.74 Å². The van der Waals surface area contributed by atoms with Crippen molar-refractivity contribution in [1.29, 1.82) is 0 Å². The molecule has 68 valence electrons. The fourth-order valence-electron chi connectivity index (χ4n) is 0.795. The van der Waals surface area contributed by atoms with E-state index in [1.165, 1.54) is 0 Å². The molecule has 0 aromatic rings. The summed E-state index contributed by atoms with van der Waals surface area (Å²) in [5.74, 6) is 0.545. The summed E-state index contributed by atoms with van der Waals surface area (Å²) in [6, 6.07) is 0. The van der Waals surface area contributed by atoms with Gasteiger partial charge in [-0.1, -0.05) is 0 Å². The zero-order valence-corrected chi connectivity index (χ0v) is 7.61. The van der Waals surface area contributed by atoms with Crippen molar-refractivity contribution < 1.29 is 9.13 Å². The lowest BCUT2D eigenvalue weighted by molar-refractivity contribution is 0.146. The summed E-state index contributed by atoms with van der Waals surface area (Å²) in [6.45, 7) is 2.26. The van der Waals surface area contributed by atoms with Crippen molar-refractivity contribution in [2.75, 3.05) is 45.9 Å². The number of hydrogen-bond donors (Lipinski definition) is 0. The highest BCUT2D eigenvalue weighted by atomic mass is 35.5. The van der Waals surface area contributed by atoms with Gasteiger partial charge in [-0.2, -0.15) is 0 Å². The Hall–Kier alpha value is 0.140. The molecule has 2 nitrogen and oxygen atoms in total. The molecule has 0 rings (SSSR count). The highest BCUT2D eigenvalue weighted by molar-refractivity contribution is 6.18. The lowest BCUT2D eigenvalue weighted by Crippen LogP contribution is -2.31. The minimum Gasteiger partial charge on any atom is -0.383 e. The second kappa shape index (κ2) is 8.24. The molecule has 0 aromatic carbocycles. The first-order chi connectivity index (χ1) is 5.35. The Kier molecular flexibility index (Phi) is 8.34. The van der Waals surface area contributed by atoms with E-state index in [1.54, 1.807) is 7.11 Å². The van der Waals surface area contributed by atoms with E-state index in [4.69, 9.17) is 16.3 Å². The third-order valence-corrected chi connectivity index (χ3v) is 1.58. The van der Waals surface area contributed by atoms with E-state index in [1.807, 2.05) is 4.90 Å². The summed E-state index contributed by atoms with van der Waals surface area (Å²) < 4.78 is 16.7. The molecule has 0 saturated carbocycles. The van der Waals surface area contributed by atoms with Crippen molar-refractivity contribution in [1.82, 2.24) is 4.90 Å². The van der Waals surface area contributed by atoms with Gasteiger partial charge >= 0.3 is 0 Å². The molecule has 0 spiro atoms. The van der Waals surface area contributed by atoms with E-state index < -0.39 is 0 Å². The highest BCUT2D eigenvalue weighted by Gasteiger charge is 2.01. The molecule has 4 heteroatoms. The highest BCUT2D eigenvalue weighted by Crippen LogP contribution is 1.90. The van der Waals surface area contributed by atoms with E-state index in [0.29, 0.717) is 19.0 Å². The molecular formula is C7H15ClFNO. The topological polar surface area (TPSA) is 12.5 Å². The van der Waals surface area contributed by atoms with Gasteiger partial charge in [0.2, 0.25) is 0 Å². The largest absolute Gasteiger partial charge is 0.383 e. The molecular weight excluding hydrogens is 169 g/mol. The second-order valence-electron chi connectivity index (χ2n) is 2.21. The van der Waals surface area contributed by atoms with E-state index >= 15 is 0 Å². The first-order valence-electron chi connectivity index (χ1n) is 3.68. The quantitative estimate of drug-likeness (QED) is 0.549. The van der Waals surface area contributed by atoms with Crippen LogP contribution in [0, 0.1) is 0 Å². The molecule has 0 radical (unpaired) electrons. The Bertz CT molecular complexity index is 78.8. The summed E-state index contributed by atoms with van der Waals surface area (Å²) in [6.07, 6.45) is 0. The van der Waals surface area contributed by atoms with Gasteiger partial charge in [0.05, 0.1) is 6.61 Å². The molecule has 0 saturated heterocycles. The summed E-state index contributed by atoms with van der Waals surface area (Å²) in [5, 5.41) is 0. The SMILES string of the molecule is COCCN(CCF)CCCl. The van der Waals surface area contributed by atoms with Gasteiger partial charge in [-0.25, -0.2) is 4.39 Å². The predicted molar refractivity (Wildman–Crippen MR) is 45.0 cm³/mol. The Morgan fingerprint density at radius 2 is 2.09 bits per heavy atom. The van der Waals surface area contributed by atoms with Gasteiger partial charge in [0, 0.05) is 32.6 Å². The third kappa shape index (κ3) is 6.53. The van der Waals surface area contributed by atoms with E-state index in [2.05, 4.69) is 0 Å². The van der Waals surface area contributed by atoms with Crippen LogP contribution in [0.1, 0.15) is 0 Å². The van der Waals surface area contributed by atoms with Crippen molar-refractivity contribution in [3.8, 4) is 0 Å². The zero-order chi connectivity index (χ0) is 8.53. The molecule has 11 heavy (non-hydrogen) atoms. The van der Waals surface area contributed by atoms with Crippen LogP contribution in [-0.4, -0.2) is 50.8 Å². The molecule has 0 aromatic heterocycles. The fourth-order valence-corrected chi connectivity index (χ4v) is 1.03. The standard InChI is InChI=1S/C7H15ClFNO/c1-11-7-6-10(4-2-8)5-3-9/h2-7H2,1H3. The second-order valence-corrected chi connectivity index (χ2v) is 2.59. The summed E-state index contributed by atoms with van der Waals surface area (Å²) in [4.78, 5) is 1.94. The molecule has 0 bridgehead atoms. The molecule has 0 aliphatic heterocycles. The lowest BCUT2D eigenvalue weighted by atomic mass is 10.5. The van der Waals surface area contributed by atoms with Crippen molar-refractivity contribution in [2.24, 2.45) is 0 Å². The van der Waals surface area contributed by atoms with E-state index in [9.17, 15) is 4.39 Å². The smallest absolute Gasteiger partial charge is 0.102 e. The Morgan fingerprint density at radius 3 is 2.55 bits per heavy atom. The van der Waals surface area contributed by atoms with Crippen molar-refractivity contribution in [3.63, 3.8) is 0 Å². The van der Waals surface area contributed by atoms with Gasteiger partial charge in [-0.3, -0.25) is 4.90 Å². The third-order valence-electron chi connectivity index (χ3n) is 1.41. The monoisotopic (exact) mass is 183 g/mol. The van der Waals surface area contributed by atoms with E-state index in [-0.39, 0.29) is 6.67 Å². The molecule has 0 N–H and O–H groups in total. The number of nitrogens with zero attached hydrogens (tertiary/aromatic N) is 1. The van der Waals surface area contributed by atoms with E-state index in [0.717, 1.165) is 13.1 Å². The van der Waals surface area contributed by atoms with Crippen LogP contribution in [0.25, 0.3) is 0 Å². The number of alkyl halides is 2. The number of hydrogen-bond acceptors (Lipinski definition) is 2. The van der Waals surface area contributed by atoms with Crippen LogP contribution < -0.4 is 0 Å². The van der Waals surface area contributed by atoms with Gasteiger partial charge in [0.25, 0.3) is 0 Å². The Morgan fingerprint density at radius 1 is 1.36 bits per heavy atom. The summed E-state index contributed by atoms with van der Waals surface area (Å²) in [5.41, 5.74) is 0. The maximum absolute atomic E-state index is 11.9. The van der Waals surface area contributed by atoms with Crippen LogP contribution in [0.2, 0.25) is 0 Å². The normalized spacial score (nSPS) is 10.9. The molecule has 0 unspecified atom stereocenters. The van der Waals surface area contributed by atoms with Crippen LogP contribution in [0.4, 0.5) is 4.39 Å². The van der Waals surface area contributed by atoms with Crippen LogP contribution >= 0.6 is 11.6 Å². The van der Waals surface area contributed by atoms with Crippen molar-refractivity contribution in [2.45, 2.75) is 0 Å². The average Bonchev–Trinajstić information content (AvgIpc) is 2.01. The first kappa shape index (κ1) is 11.1. The first-order valence-corrected chi connectivity index (χ1v) is 4.21. The van der Waals surface area contributed by atoms with Crippen LogP contribution in [0.15, 0.2) is 0 Å². The van der Waals surface area contributed by atoms with Gasteiger partial charge in [-0.15, -0.1) is 11.6 Å². The summed E-state index contributed by atoms with van der Waals surface area (Å²) in [7, 11) is 1.63. The van der Waals surface area contributed by atoms with Crippen LogP contribution in [0.3, 0.4) is 0 Å². The maximum Gasteiger partial charge on any atom is 0.102 e. The predicted octanol–water partition coefficient (Wildman–Crippen LogP) is 1.14. The van der Waals surface area contributed by atoms with Gasteiger partial charge in [0.1, 0.15) is 6.67 Å². The molecule has 0 heterocycles. The minimum absolute atomic E-state index is 0.319.